The largest absolute Gasteiger partial charge is 0.318 e. The van der Waals surface area contributed by atoms with E-state index in [2.05, 4.69) is 32.9 Å². The smallest absolute Gasteiger partial charge is 0.114 e. The van der Waals surface area contributed by atoms with E-state index in [1.807, 2.05) is 11.3 Å². The first-order chi connectivity index (χ1) is 9.06. The van der Waals surface area contributed by atoms with Crippen molar-refractivity contribution in [2.45, 2.75) is 46.1 Å². The van der Waals surface area contributed by atoms with Gasteiger partial charge in [-0.3, -0.25) is 0 Å². The van der Waals surface area contributed by atoms with Gasteiger partial charge in [-0.15, -0.1) is 11.3 Å². The summed E-state index contributed by atoms with van der Waals surface area (Å²) in [6.45, 7) is 6.43. The first kappa shape index (κ1) is 12.8. The van der Waals surface area contributed by atoms with Crippen molar-refractivity contribution in [1.29, 1.82) is 0 Å². The van der Waals surface area contributed by atoms with Crippen molar-refractivity contribution in [3.05, 3.63) is 50.0 Å². The van der Waals surface area contributed by atoms with Crippen molar-refractivity contribution < 1.29 is 0 Å². The second-order valence-electron chi connectivity index (χ2n) is 5.57. The van der Waals surface area contributed by atoms with Crippen molar-refractivity contribution in [2.75, 3.05) is 0 Å². The van der Waals surface area contributed by atoms with E-state index in [1.54, 1.807) is 0 Å². The van der Waals surface area contributed by atoms with Crippen molar-refractivity contribution in [1.82, 2.24) is 4.98 Å². The summed E-state index contributed by atoms with van der Waals surface area (Å²) in [7, 11) is 0. The topological polar surface area (TPSA) is 38.9 Å². The van der Waals surface area contributed by atoms with Crippen LogP contribution in [0.3, 0.4) is 0 Å². The highest BCUT2D eigenvalue weighted by Gasteiger charge is 2.22. The van der Waals surface area contributed by atoms with Gasteiger partial charge in [-0.1, -0.05) is 17.7 Å². The third-order valence-corrected chi connectivity index (χ3v) is 5.17. The van der Waals surface area contributed by atoms with Gasteiger partial charge >= 0.3 is 0 Å². The monoisotopic (exact) mass is 272 g/mol. The Kier molecular flexibility index (Phi) is 3.19. The maximum Gasteiger partial charge on any atom is 0.114 e. The average molecular weight is 272 g/mol. The molecule has 0 amide bonds. The predicted molar refractivity (Wildman–Crippen MR) is 80.8 cm³/mol. The van der Waals surface area contributed by atoms with Gasteiger partial charge in [-0.25, -0.2) is 4.98 Å². The van der Waals surface area contributed by atoms with Gasteiger partial charge < -0.3 is 5.73 Å². The highest BCUT2D eigenvalue weighted by Crippen LogP contribution is 2.34. The summed E-state index contributed by atoms with van der Waals surface area (Å²) in [5, 5.41) is 1.08. The van der Waals surface area contributed by atoms with Crippen LogP contribution < -0.4 is 5.73 Å². The van der Waals surface area contributed by atoms with Crippen molar-refractivity contribution in [3.8, 4) is 0 Å². The Bertz CT molecular complexity index is 583. The normalized spacial score (nSPS) is 15.6. The zero-order valence-electron chi connectivity index (χ0n) is 11.8. The Labute approximate surface area is 118 Å². The van der Waals surface area contributed by atoms with E-state index in [0.717, 1.165) is 11.4 Å². The maximum absolute atomic E-state index is 6.48. The molecule has 0 fully saturated rings. The lowest BCUT2D eigenvalue weighted by Crippen LogP contribution is -2.15. The van der Waals surface area contributed by atoms with Gasteiger partial charge in [0.1, 0.15) is 5.01 Å². The molecule has 1 heterocycles. The lowest BCUT2D eigenvalue weighted by atomic mass is 9.95. The van der Waals surface area contributed by atoms with E-state index in [0.29, 0.717) is 0 Å². The summed E-state index contributed by atoms with van der Waals surface area (Å²) < 4.78 is 0. The highest BCUT2D eigenvalue weighted by atomic mass is 32.1. The number of hydrogen-bond donors (Lipinski definition) is 1. The number of benzene rings is 1. The molecule has 1 aromatic carbocycles. The fourth-order valence-corrected chi connectivity index (χ4v) is 4.31. The molecule has 0 saturated carbocycles. The molecule has 1 aromatic heterocycles. The third kappa shape index (κ3) is 2.21. The van der Waals surface area contributed by atoms with Gasteiger partial charge in [0.15, 0.2) is 0 Å². The lowest BCUT2D eigenvalue weighted by Gasteiger charge is -2.16. The molecule has 0 bridgehead atoms. The van der Waals surface area contributed by atoms with E-state index in [4.69, 9.17) is 10.7 Å². The molecule has 0 aliphatic heterocycles. The highest BCUT2D eigenvalue weighted by molar-refractivity contribution is 7.11. The Morgan fingerprint density at radius 2 is 1.84 bits per heavy atom. The average Bonchev–Trinajstić information content (AvgIpc) is 2.86. The first-order valence-electron chi connectivity index (χ1n) is 6.88. The molecule has 0 spiro atoms. The number of fused-ring (bicyclic) bond motifs is 1. The number of aromatic nitrogens is 1. The number of hydrogen-bond acceptors (Lipinski definition) is 3. The van der Waals surface area contributed by atoms with Crippen molar-refractivity contribution >= 4 is 11.3 Å². The number of rotatable bonds is 2. The van der Waals surface area contributed by atoms with Crippen LogP contribution in [0.2, 0.25) is 0 Å². The summed E-state index contributed by atoms with van der Waals surface area (Å²) >= 11 is 1.81. The van der Waals surface area contributed by atoms with Crippen LogP contribution in [-0.2, 0) is 12.8 Å². The van der Waals surface area contributed by atoms with Gasteiger partial charge in [-0.2, -0.15) is 0 Å². The Morgan fingerprint density at radius 1 is 1.16 bits per heavy atom. The number of nitrogens with zero attached hydrogens (tertiary/aromatic N) is 1. The molecule has 3 heteroatoms. The molecular formula is C16H20N2S. The standard InChI is InChI=1S/C16H20N2S/c1-9-7-10(2)14(11(3)8-9)15(17)16-18-12-5-4-6-13(12)19-16/h7-8,15H,4-6,17H2,1-3H3. The van der Waals surface area contributed by atoms with Crippen LogP contribution in [0.5, 0.6) is 0 Å². The molecule has 1 atom stereocenters. The van der Waals surface area contributed by atoms with Crippen LogP contribution in [0, 0.1) is 20.8 Å². The molecule has 1 aliphatic carbocycles. The van der Waals surface area contributed by atoms with Gasteiger partial charge in [0.05, 0.1) is 11.7 Å². The molecule has 2 aromatic rings. The fraction of sp³-hybridized carbons (Fsp3) is 0.438. The molecule has 0 radical (unpaired) electrons. The summed E-state index contributed by atoms with van der Waals surface area (Å²) in [6.07, 6.45) is 3.57. The fourth-order valence-electron chi connectivity index (χ4n) is 3.15. The van der Waals surface area contributed by atoms with Crippen LogP contribution in [0.25, 0.3) is 0 Å². The first-order valence-corrected chi connectivity index (χ1v) is 7.69. The van der Waals surface area contributed by atoms with Crippen molar-refractivity contribution in [3.63, 3.8) is 0 Å². The lowest BCUT2D eigenvalue weighted by molar-refractivity contribution is 0.820. The maximum atomic E-state index is 6.48. The van der Waals surface area contributed by atoms with Crippen molar-refractivity contribution in [2.24, 2.45) is 5.73 Å². The van der Waals surface area contributed by atoms with E-state index in [-0.39, 0.29) is 6.04 Å². The van der Waals surface area contributed by atoms with Gasteiger partial charge in [0, 0.05) is 4.88 Å². The molecule has 2 nitrogen and oxygen atoms in total. The zero-order chi connectivity index (χ0) is 13.6. The molecule has 19 heavy (non-hydrogen) atoms. The van der Waals surface area contributed by atoms with E-state index < -0.39 is 0 Å². The molecule has 0 saturated heterocycles. The Hall–Kier alpha value is -1.19. The summed E-state index contributed by atoms with van der Waals surface area (Å²) in [4.78, 5) is 6.22. The van der Waals surface area contributed by atoms with Gasteiger partial charge in [-0.05, 0) is 56.7 Å². The van der Waals surface area contributed by atoms with Gasteiger partial charge in [0.25, 0.3) is 0 Å². The number of nitrogens with two attached hydrogens (primary N) is 1. The minimum absolute atomic E-state index is 0.0730. The summed E-state index contributed by atoms with van der Waals surface area (Å²) in [5.41, 5.74) is 12.9. The van der Waals surface area contributed by atoms with Crippen LogP contribution in [0.15, 0.2) is 12.1 Å². The second-order valence-corrected chi connectivity index (χ2v) is 6.68. The predicted octanol–water partition coefficient (Wildman–Crippen LogP) is 3.61. The molecular weight excluding hydrogens is 252 g/mol. The van der Waals surface area contributed by atoms with Crippen LogP contribution in [0.4, 0.5) is 0 Å². The Balaban J connectivity index is 2.01. The van der Waals surface area contributed by atoms with Crippen LogP contribution >= 0.6 is 11.3 Å². The molecule has 100 valence electrons. The van der Waals surface area contributed by atoms with E-state index in [1.165, 1.54) is 45.7 Å². The summed E-state index contributed by atoms with van der Waals surface area (Å²) in [5.74, 6) is 0. The van der Waals surface area contributed by atoms with Crippen LogP contribution in [-0.4, -0.2) is 4.98 Å². The second kappa shape index (κ2) is 4.73. The Morgan fingerprint density at radius 3 is 2.47 bits per heavy atom. The third-order valence-electron chi connectivity index (χ3n) is 3.93. The molecule has 1 unspecified atom stereocenters. The van der Waals surface area contributed by atoms with E-state index in [9.17, 15) is 0 Å². The minimum Gasteiger partial charge on any atom is -0.318 e. The summed E-state index contributed by atoms with van der Waals surface area (Å²) in [6, 6.07) is 4.35. The number of thiazole rings is 1. The minimum atomic E-state index is -0.0730. The number of aryl methyl sites for hydroxylation is 5. The van der Waals surface area contributed by atoms with E-state index >= 15 is 0 Å². The quantitative estimate of drug-likeness (QED) is 0.907. The molecule has 2 N–H and O–H groups in total. The molecule has 1 aliphatic rings. The van der Waals surface area contributed by atoms with Crippen LogP contribution in [0.1, 0.15) is 50.3 Å². The SMILES string of the molecule is Cc1cc(C)c(C(N)c2nc3c(s2)CCC3)c(C)c1. The van der Waals surface area contributed by atoms with Gasteiger partial charge in [0.2, 0.25) is 0 Å². The zero-order valence-corrected chi connectivity index (χ0v) is 12.6. The molecule has 3 rings (SSSR count).